The van der Waals surface area contributed by atoms with E-state index in [1.165, 1.54) is 31.4 Å². The van der Waals surface area contributed by atoms with E-state index >= 15 is 0 Å². The highest BCUT2D eigenvalue weighted by Gasteiger charge is 2.52. The molecule has 0 aromatic heterocycles. The smallest absolute Gasteiger partial charge is 0.335 e. The van der Waals surface area contributed by atoms with Crippen LogP contribution in [0.15, 0.2) is 103 Å². The number of allylic oxidation sites excluding steroid dienone is 2. The largest absolute Gasteiger partial charge is 0.466 e. The molecule has 36 heavy (non-hydrogen) atoms. The number of carbonyl (C=O) groups excluding carboxylic acids is 2. The van der Waals surface area contributed by atoms with Crippen molar-refractivity contribution in [2.24, 2.45) is 11.3 Å². The fourth-order valence-electron chi connectivity index (χ4n) is 4.31. The minimum Gasteiger partial charge on any atom is -0.466 e. The second-order valence-corrected chi connectivity index (χ2v) is 8.28. The standard InChI is InChI=1S/C30H23NO5/c1-36-29(33)27-19-16-25(15-12-22-8-4-2-5-9-22)30(27,28(32)24-10-6-3-7-11-24)21-20-23-13-17-26(18-14-23)31(34)35/h2-15,17-19,25H,16H2,1H3/b15-12+/t25-,30+/m1/s1. The molecule has 0 fully saturated rings. The van der Waals surface area contributed by atoms with E-state index in [-0.39, 0.29) is 17.0 Å². The lowest BCUT2D eigenvalue weighted by atomic mass is 9.68. The number of nitrogens with zero attached hydrogens (tertiary/aromatic N) is 1. The molecule has 6 nitrogen and oxygen atoms in total. The van der Waals surface area contributed by atoms with Crippen LogP contribution >= 0.6 is 0 Å². The van der Waals surface area contributed by atoms with Gasteiger partial charge in [-0.1, -0.05) is 90.7 Å². The number of carbonyl (C=O) groups is 2. The summed E-state index contributed by atoms with van der Waals surface area (Å²) in [6.07, 6.45) is 5.96. The van der Waals surface area contributed by atoms with Gasteiger partial charge in [0.05, 0.1) is 17.6 Å². The third kappa shape index (κ3) is 4.86. The molecule has 4 rings (SSSR count). The highest BCUT2D eigenvalue weighted by molar-refractivity contribution is 6.11. The SMILES string of the molecule is COC(=O)C1=CC[C@@H](/C=C/c2ccccc2)[C@]1(C#Cc1ccc([N+](=O)[O-])cc1)C(=O)c1ccccc1. The fraction of sp³-hybridized carbons (Fsp3) is 0.133. The van der Waals surface area contributed by atoms with Crippen LogP contribution in [-0.2, 0) is 9.53 Å². The summed E-state index contributed by atoms with van der Waals surface area (Å²) in [6.45, 7) is 0. The number of non-ortho nitro benzene ring substituents is 1. The Kier molecular flexibility index (Phi) is 7.22. The average Bonchev–Trinajstić information content (AvgIpc) is 3.30. The first kappa shape index (κ1) is 24.4. The van der Waals surface area contributed by atoms with Crippen molar-refractivity contribution in [1.29, 1.82) is 0 Å². The van der Waals surface area contributed by atoms with Crippen LogP contribution in [0.3, 0.4) is 0 Å². The lowest BCUT2D eigenvalue weighted by molar-refractivity contribution is -0.384. The third-order valence-electron chi connectivity index (χ3n) is 6.16. The number of hydrogen-bond donors (Lipinski definition) is 0. The Hall–Kier alpha value is -4.76. The van der Waals surface area contributed by atoms with Gasteiger partial charge in [0.2, 0.25) is 0 Å². The van der Waals surface area contributed by atoms with Gasteiger partial charge >= 0.3 is 5.97 Å². The van der Waals surface area contributed by atoms with Gasteiger partial charge in [0, 0.05) is 29.2 Å². The molecule has 0 saturated heterocycles. The van der Waals surface area contributed by atoms with Gasteiger partial charge in [-0.15, -0.1) is 0 Å². The number of Topliss-reactive ketones (excluding diaryl/α,β-unsaturated/α-hetero) is 1. The molecule has 1 aliphatic rings. The van der Waals surface area contributed by atoms with Crippen LogP contribution in [0.25, 0.3) is 6.08 Å². The van der Waals surface area contributed by atoms with Crippen molar-refractivity contribution in [3.8, 4) is 11.8 Å². The Morgan fingerprint density at radius 1 is 1.00 bits per heavy atom. The summed E-state index contributed by atoms with van der Waals surface area (Å²) in [4.78, 5) is 37.5. The molecule has 0 radical (unpaired) electrons. The van der Waals surface area contributed by atoms with E-state index in [1.807, 2.05) is 48.6 Å². The molecule has 6 heteroatoms. The maximum atomic E-state index is 14.1. The zero-order valence-corrected chi connectivity index (χ0v) is 19.6. The minimum atomic E-state index is -1.50. The number of nitro benzene ring substituents is 1. The molecule has 0 saturated carbocycles. The van der Waals surface area contributed by atoms with Crippen molar-refractivity contribution < 1.29 is 19.2 Å². The van der Waals surface area contributed by atoms with E-state index in [2.05, 4.69) is 11.8 Å². The Morgan fingerprint density at radius 3 is 2.25 bits per heavy atom. The summed E-state index contributed by atoms with van der Waals surface area (Å²) in [5.41, 5.74) is 0.495. The first-order valence-corrected chi connectivity index (χ1v) is 11.4. The Bertz CT molecular complexity index is 1400. The maximum absolute atomic E-state index is 14.1. The quantitative estimate of drug-likeness (QED) is 0.151. The van der Waals surface area contributed by atoms with Crippen LogP contribution in [-0.4, -0.2) is 23.8 Å². The molecule has 0 bridgehead atoms. The van der Waals surface area contributed by atoms with Crippen molar-refractivity contribution in [3.05, 3.63) is 129 Å². The molecule has 3 aromatic rings. The van der Waals surface area contributed by atoms with Crippen LogP contribution in [0.4, 0.5) is 5.69 Å². The highest BCUT2D eigenvalue weighted by atomic mass is 16.6. The Balaban J connectivity index is 1.87. The fourth-order valence-corrected chi connectivity index (χ4v) is 4.31. The molecular formula is C30H23NO5. The molecule has 178 valence electrons. The van der Waals surface area contributed by atoms with E-state index in [0.29, 0.717) is 17.5 Å². The number of nitro groups is 1. The van der Waals surface area contributed by atoms with Gasteiger partial charge < -0.3 is 4.74 Å². The first-order chi connectivity index (χ1) is 17.5. The van der Waals surface area contributed by atoms with E-state index in [4.69, 9.17) is 4.74 Å². The van der Waals surface area contributed by atoms with Gasteiger partial charge in [0.15, 0.2) is 5.78 Å². The zero-order valence-electron chi connectivity index (χ0n) is 19.6. The predicted molar refractivity (Wildman–Crippen MR) is 137 cm³/mol. The Morgan fingerprint density at radius 2 is 1.64 bits per heavy atom. The van der Waals surface area contributed by atoms with Gasteiger partial charge in [-0.05, 0) is 24.1 Å². The molecule has 0 heterocycles. The van der Waals surface area contributed by atoms with Gasteiger partial charge in [-0.3, -0.25) is 14.9 Å². The van der Waals surface area contributed by atoms with Crippen molar-refractivity contribution in [2.75, 3.05) is 7.11 Å². The molecule has 1 aliphatic carbocycles. The molecule has 0 aliphatic heterocycles. The Labute approximate surface area is 209 Å². The number of ketones is 1. The van der Waals surface area contributed by atoms with Crippen LogP contribution in [0.5, 0.6) is 0 Å². The van der Waals surface area contributed by atoms with E-state index in [1.54, 1.807) is 30.3 Å². The summed E-state index contributed by atoms with van der Waals surface area (Å²) in [5.74, 6) is 4.76. The van der Waals surface area contributed by atoms with E-state index in [9.17, 15) is 19.7 Å². The van der Waals surface area contributed by atoms with Crippen molar-refractivity contribution in [1.82, 2.24) is 0 Å². The van der Waals surface area contributed by atoms with Gasteiger partial charge in [0.25, 0.3) is 5.69 Å². The topological polar surface area (TPSA) is 86.5 Å². The first-order valence-electron chi connectivity index (χ1n) is 11.4. The van der Waals surface area contributed by atoms with Crippen LogP contribution < -0.4 is 0 Å². The number of rotatable bonds is 6. The summed E-state index contributed by atoms with van der Waals surface area (Å²) in [6, 6.07) is 24.1. The minimum absolute atomic E-state index is 0.0599. The maximum Gasteiger partial charge on any atom is 0.335 e. The lowest BCUT2D eigenvalue weighted by Gasteiger charge is -2.30. The number of methoxy groups -OCH3 is 1. The third-order valence-corrected chi connectivity index (χ3v) is 6.16. The normalized spacial score (nSPS) is 18.7. The molecule has 3 aromatic carbocycles. The summed E-state index contributed by atoms with van der Waals surface area (Å²) in [5, 5.41) is 11.0. The highest BCUT2D eigenvalue weighted by Crippen LogP contribution is 2.47. The van der Waals surface area contributed by atoms with Crippen LogP contribution in [0.2, 0.25) is 0 Å². The number of benzene rings is 3. The molecular weight excluding hydrogens is 454 g/mol. The number of ether oxygens (including phenoxy) is 1. The zero-order chi connectivity index (χ0) is 25.5. The monoisotopic (exact) mass is 477 g/mol. The molecule has 0 spiro atoms. The number of esters is 1. The number of hydrogen-bond acceptors (Lipinski definition) is 5. The van der Waals surface area contributed by atoms with Crippen molar-refractivity contribution in [2.45, 2.75) is 6.42 Å². The molecule has 2 atom stereocenters. The van der Waals surface area contributed by atoms with E-state index < -0.39 is 22.2 Å². The van der Waals surface area contributed by atoms with Crippen molar-refractivity contribution >= 4 is 23.5 Å². The van der Waals surface area contributed by atoms with Crippen LogP contribution in [0, 0.1) is 33.3 Å². The second-order valence-electron chi connectivity index (χ2n) is 8.28. The van der Waals surface area contributed by atoms with Gasteiger partial charge in [0.1, 0.15) is 5.41 Å². The molecule has 0 unspecified atom stereocenters. The second kappa shape index (κ2) is 10.7. The van der Waals surface area contributed by atoms with Crippen molar-refractivity contribution in [3.63, 3.8) is 0 Å². The van der Waals surface area contributed by atoms with E-state index in [0.717, 1.165) is 5.56 Å². The lowest BCUT2D eigenvalue weighted by Crippen LogP contribution is -2.38. The summed E-state index contributed by atoms with van der Waals surface area (Å²) < 4.78 is 5.05. The predicted octanol–water partition coefficient (Wildman–Crippen LogP) is 5.65. The van der Waals surface area contributed by atoms with Gasteiger partial charge in [-0.2, -0.15) is 0 Å². The summed E-state index contributed by atoms with van der Waals surface area (Å²) in [7, 11) is 1.28. The summed E-state index contributed by atoms with van der Waals surface area (Å²) >= 11 is 0. The molecule has 0 N–H and O–H groups in total. The average molecular weight is 478 g/mol. The molecule has 0 amide bonds. The van der Waals surface area contributed by atoms with Gasteiger partial charge in [-0.25, -0.2) is 4.79 Å². The van der Waals surface area contributed by atoms with Crippen LogP contribution in [0.1, 0.15) is 27.9 Å².